The zero-order chi connectivity index (χ0) is 17.8. The largest absolute Gasteiger partial charge is 0.388 e. The van der Waals surface area contributed by atoms with Crippen LogP contribution in [-0.4, -0.2) is 28.5 Å². The summed E-state index contributed by atoms with van der Waals surface area (Å²) in [6.07, 6.45) is 1.86. The zero-order valence-corrected chi connectivity index (χ0v) is 14.6. The number of amides is 1. The highest BCUT2D eigenvalue weighted by Gasteiger charge is 2.33. The molecule has 1 saturated heterocycles. The lowest BCUT2D eigenvalue weighted by Gasteiger charge is -2.29. The molecule has 0 bridgehead atoms. The first kappa shape index (κ1) is 17.6. The lowest BCUT2D eigenvalue weighted by atomic mass is 9.99. The number of likely N-dealkylation sites (tertiary alicyclic amines) is 1. The average molecular weight is 338 g/mol. The summed E-state index contributed by atoms with van der Waals surface area (Å²) in [6.45, 7) is 2.73. The SMILES string of the molecule is Cc1ccc(C(N)C(=O)N2CCCC2CC(O)c2ccccc2)cc1. The van der Waals surface area contributed by atoms with E-state index in [2.05, 4.69) is 0 Å². The summed E-state index contributed by atoms with van der Waals surface area (Å²) in [5.41, 5.74) is 9.10. The highest BCUT2D eigenvalue weighted by Crippen LogP contribution is 2.29. The van der Waals surface area contributed by atoms with E-state index in [0.717, 1.165) is 29.5 Å². The first-order chi connectivity index (χ1) is 12.1. The van der Waals surface area contributed by atoms with E-state index < -0.39 is 12.1 Å². The summed E-state index contributed by atoms with van der Waals surface area (Å²) in [5, 5.41) is 10.5. The number of rotatable bonds is 5. The fourth-order valence-corrected chi connectivity index (χ4v) is 3.53. The second kappa shape index (κ2) is 7.81. The van der Waals surface area contributed by atoms with Gasteiger partial charge in [-0.15, -0.1) is 0 Å². The van der Waals surface area contributed by atoms with Crippen LogP contribution in [0.2, 0.25) is 0 Å². The van der Waals surface area contributed by atoms with E-state index in [1.54, 1.807) is 0 Å². The Morgan fingerprint density at radius 2 is 1.84 bits per heavy atom. The Hall–Kier alpha value is -2.17. The van der Waals surface area contributed by atoms with Crippen LogP contribution in [0.4, 0.5) is 0 Å². The molecule has 25 heavy (non-hydrogen) atoms. The predicted molar refractivity (Wildman–Crippen MR) is 98.9 cm³/mol. The molecule has 3 rings (SSSR count). The minimum atomic E-state index is -0.643. The lowest BCUT2D eigenvalue weighted by molar-refractivity contribution is -0.134. The topological polar surface area (TPSA) is 66.6 Å². The van der Waals surface area contributed by atoms with Crippen LogP contribution in [0.1, 0.15) is 48.1 Å². The number of carbonyl (C=O) groups excluding carboxylic acids is 1. The van der Waals surface area contributed by atoms with E-state index in [4.69, 9.17) is 5.73 Å². The number of aliphatic hydroxyl groups excluding tert-OH is 1. The first-order valence-corrected chi connectivity index (χ1v) is 8.92. The number of carbonyl (C=O) groups is 1. The van der Waals surface area contributed by atoms with Crippen LogP contribution >= 0.6 is 0 Å². The molecule has 2 aromatic carbocycles. The van der Waals surface area contributed by atoms with Gasteiger partial charge in [0.15, 0.2) is 0 Å². The molecule has 1 aliphatic heterocycles. The summed E-state index contributed by atoms with van der Waals surface area (Å²) in [7, 11) is 0. The Kier molecular flexibility index (Phi) is 5.51. The summed E-state index contributed by atoms with van der Waals surface area (Å²) in [6, 6.07) is 16.8. The molecular weight excluding hydrogens is 312 g/mol. The van der Waals surface area contributed by atoms with Crippen molar-refractivity contribution in [3.63, 3.8) is 0 Å². The van der Waals surface area contributed by atoms with Crippen molar-refractivity contribution < 1.29 is 9.90 Å². The van der Waals surface area contributed by atoms with Gasteiger partial charge in [-0.1, -0.05) is 60.2 Å². The summed E-state index contributed by atoms with van der Waals surface area (Å²) < 4.78 is 0. The van der Waals surface area contributed by atoms with Gasteiger partial charge in [0.2, 0.25) is 5.91 Å². The Balaban J connectivity index is 1.68. The molecule has 1 fully saturated rings. The van der Waals surface area contributed by atoms with Crippen LogP contribution in [0.25, 0.3) is 0 Å². The average Bonchev–Trinajstić information content (AvgIpc) is 3.10. The van der Waals surface area contributed by atoms with Gasteiger partial charge in [0.05, 0.1) is 6.10 Å². The maximum atomic E-state index is 12.9. The number of benzene rings is 2. The van der Waals surface area contributed by atoms with Crippen molar-refractivity contribution in [3.05, 3.63) is 71.3 Å². The second-order valence-electron chi connectivity index (χ2n) is 6.88. The predicted octanol–water partition coefficient (Wildman–Crippen LogP) is 3.11. The van der Waals surface area contributed by atoms with Crippen molar-refractivity contribution in [3.8, 4) is 0 Å². The number of nitrogens with zero attached hydrogens (tertiary/aromatic N) is 1. The van der Waals surface area contributed by atoms with Gasteiger partial charge in [0.1, 0.15) is 6.04 Å². The molecule has 3 N–H and O–H groups in total. The Labute approximate surface area is 149 Å². The summed E-state index contributed by atoms with van der Waals surface area (Å²) in [5.74, 6) is -0.0494. The Morgan fingerprint density at radius 3 is 2.52 bits per heavy atom. The minimum Gasteiger partial charge on any atom is -0.388 e. The quantitative estimate of drug-likeness (QED) is 0.880. The second-order valence-corrected chi connectivity index (χ2v) is 6.88. The highest BCUT2D eigenvalue weighted by molar-refractivity contribution is 5.83. The highest BCUT2D eigenvalue weighted by atomic mass is 16.3. The van der Waals surface area contributed by atoms with E-state index in [1.807, 2.05) is 66.4 Å². The van der Waals surface area contributed by atoms with Gasteiger partial charge in [0.25, 0.3) is 0 Å². The lowest BCUT2D eigenvalue weighted by Crippen LogP contribution is -2.42. The van der Waals surface area contributed by atoms with Gasteiger partial charge in [-0.3, -0.25) is 4.79 Å². The molecule has 1 aliphatic rings. The maximum absolute atomic E-state index is 12.9. The van der Waals surface area contributed by atoms with E-state index >= 15 is 0 Å². The van der Waals surface area contributed by atoms with Gasteiger partial charge in [-0.05, 0) is 37.3 Å². The van der Waals surface area contributed by atoms with Crippen molar-refractivity contribution in [2.24, 2.45) is 5.73 Å². The van der Waals surface area contributed by atoms with Gasteiger partial charge in [0, 0.05) is 12.6 Å². The molecule has 0 aliphatic carbocycles. The number of nitrogens with two attached hydrogens (primary N) is 1. The van der Waals surface area contributed by atoms with Crippen molar-refractivity contribution >= 4 is 5.91 Å². The standard InChI is InChI=1S/C21H26N2O2/c1-15-9-11-17(12-10-15)20(22)21(25)23-13-5-8-18(23)14-19(24)16-6-3-2-4-7-16/h2-4,6-7,9-12,18-20,24H,5,8,13-14,22H2,1H3. The van der Waals surface area contributed by atoms with E-state index in [-0.39, 0.29) is 11.9 Å². The number of aryl methyl sites for hydroxylation is 1. The zero-order valence-electron chi connectivity index (χ0n) is 14.6. The molecule has 1 amide bonds. The number of hydrogen-bond acceptors (Lipinski definition) is 3. The maximum Gasteiger partial charge on any atom is 0.244 e. The fraction of sp³-hybridized carbons (Fsp3) is 0.381. The first-order valence-electron chi connectivity index (χ1n) is 8.92. The molecule has 132 valence electrons. The monoisotopic (exact) mass is 338 g/mol. The van der Waals surface area contributed by atoms with Crippen LogP contribution in [0.15, 0.2) is 54.6 Å². The van der Waals surface area contributed by atoms with Crippen LogP contribution < -0.4 is 5.73 Å². The summed E-state index contributed by atoms with van der Waals surface area (Å²) >= 11 is 0. The third kappa shape index (κ3) is 4.09. The van der Waals surface area contributed by atoms with Crippen molar-refractivity contribution in [1.29, 1.82) is 0 Å². The number of aliphatic hydroxyl groups is 1. The van der Waals surface area contributed by atoms with Crippen molar-refractivity contribution in [2.45, 2.75) is 44.4 Å². The van der Waals surface area contributed by atoms with Gasteiger partial charge < -0.3 is 15.7 Å². The van der Waals surface area contributed by atoms with Crippen LogP contribution in [0.5, 0.6) is 0 Å². The minimum absolute atomic E-state index is 0.0409. The van der Waals surface area contributed by atoms with E-state index in [0.29, 0.717) is 13.0 Å². The Bertz CT molecular complexity index is 700. The van der Waals surface area contributed by atoms with E-state index in [1.165, 1.54) is 0 Å². The molecule has 0 aromatic heterocycles. The van der Waals surface area contributed by atoms with Gasteiger partial charge in [-0.25, -0.2) is 0 Å². The van der Waals surface area contributed by atoms with Crippen molar-refractivity contribution in [1.82, 2.24) is 4.90 Å². The molecule has 0 saturated carbocycles. The molecule has 3 unspecified atom stereocenters. The Morgan fingerprint density at radius 1 is 1.16 bits per heavy atom. The van der Waals surface area contributed by atoms with E-state index in [9.17, 15) is 9.90 Å². The molecule has 2 aromatic rings. The van der Waals surface area contributed by atoms with Gasteiger partial charge >= 0.3 is 0 Å². The van der Waals surface area contributed by atoms with Crippen LogP contribution in [0, 0.1) is 6.92 Å². The molecule has 3 atom stereocenters. The van der Waals surface area contributed by atoms with Gasteiger partial charge in [-0.2, -0.15) is 0 Å². The number of hydrogen-bond donors (Lipinski definition) is 2. The van der Waals surface area contributed by atoms with Crippen LogP contribution in [-0.2, 0) is 4.79 Å². The summed E-state index contributed by atoms with van der Waals surface area (Å²) in [4.78, 5) is 14.7. The fourth-order valence-electron chi connectivity index (χ4n) is 3.53. The normalized spacial score (nSPS) is 19.6. The molecule has 1 heterocycles. The molecule has 0 radical (unpaired) electrons. The smallest absolute Gasteiger partial charge is 0.244 e. The van der Waals surface area contributed by atoms with Crippen molar-refractivity contribution in [2.75, 3.05) is 6.54 Å². The molecular formula is C21H26N2O2. The third-order valence-corrected chi connectivity index (χ3v) is 5.04. The van der Waals surface area contributed by atoms with Crippen LogP contribution in [0.3, 0.4) is 0 Å². The molecule has 0 spiro atoms. The molecule has 4 heteroatoms. The molecule has 4 nitrogen and oxygen atoms in total. The third-order valence-electron chi connectivity index (χ3n) is 5.04.